The molecule has 0 saturated carbocycles. The van der Waals surface area contributed by atoms with Crippen LogP contribution in [-0.2, 0) is 6.42 Å². The summed E-state index contributed by atoms with van der Waals surface area (Å²) in [7, 11) is 0. The molecule has 0 radical (unpaired) electrons. The highest BCUT2D eigenvalue weighted by Gasteiger charge is 2.13. The van der Waals surface area contributed by atoms with Crippen molar-refractivity contribution in [2.24, 2.45) is 0 Å². The van der Waals surface area contributed by atoms with Gasteiger partial charge in [-0.05, 0) is 34.4 Å². The Morgan fingerprint density at radius 3 is 3.25 bits per heavy atom. The molecule has 0 spiro atoms. The summed E-state index contributed by atoms with van der Waals surface area (Å²) in [6.07, 6.45) is 5.51. The highest BCUT2D eigenvalue weighted by molar-refractivity contribution is 7.17. The smallest absolute Gasteiger partial charge is 0.0821 e. The molecule has 0 amide bonds. The number of nitrogens with zero attached hydrogens (tertiary/aromatic N) is 1. The maximum atomic E-state index is 4.43. The van der Waals surface area contributed by atoms with Gasteiger partial charge < -0.3 is 0 Å². The Labute approximate surface area is 97.1 Å². The van der Waals surface area contributed by atoms with Crippen molar-refractivity contribution in [1.29, 1.82) is 0 Å². The van der Waals surface area contributed by atoms with Gasteiger partial charge in [-0.3, -0.25) is 0 Å². The minimum atomic E-state index is 1.03. The molecule has 2 aromatic carbocycles. The molecular weight excluding hydrogens is 214 g/mol. The van der Waals surface area contributed by atoms with E-state index in [1.54, 1.807) is 11.3 Å². The molecule has 0 aliphatic heterocycles. The van der Waals surface area contributed by atoms with E-state index < -0.39 is 0 Å². The third-order valence-electron chi connectivity index (χ3n) is 3.21. The van der Waals surface area contributed by atoms with E-state index in [0.29, 0.717) is 0 Å². The van der Waals surface area contributed by atoms with Gasteiger partial charge in [0, 0.05) is 0 Å². The van der Waals surface area contributed by atoms with E-state index in [1.807, 2.05) is 5.51 Å². The number of hydrogen-bond acceptors (Lipinski definition) is 2. The van der Waals surface area contributed by atoms with E-state index in [4.69, 9.17) is 0 Å². The second-order valence-corrected chi connectivity index (χ2v) is 4.96. The second kappa shape index (κ2) is 2.92. The van der Waals surface area contributed by atoms with E-state index in [-0.39, 0.29) is 0 Å². The lowest BCUT2D eigenvalue weighted by atomic mass is 9.93. The zero-order chi connectivity index (χ0) is 10.5. The predicted octanol–water partition coefficient (Wildman–Crippen LogP) is 4.02. The van der Waals surface area contributed by atoms with Crippen LogP contribution in [0.3, 0.4) is 0 Å². The number of fused-ring (bicyclic) bond motifs is 2. The van der Waals surface area contributed by atoms with Gasteiger partial charge in [-0.2, -0.15) is 0 Å². The zero-order valence-electron chi connectivity index (χ0n) is 8.60. The Morgan fingerprint density at radius 2 is 2.25 bits per heavy atom. The van der Waals surface area contributed by atoms with Crippen LogP contribution in [0.1, 0.15) is 11.1 Å². The largest absolute Gasteiger partial charge is 0.245 e. The number of benzene rings is 2. The summed E-state index contributed by atoms with van der Waals surface area (Å²) in [5, 5.41) is 2.73. The van der Waals surface area contributed by atoms with Crippen molar-refractivity contribution >= 4 is 38.4 Å². The van der Waals surface area contributed by atoms with Gasteiger partial charge >= 0.3 is 0 Å². The lowest BCUT2D eigenvalue weighted by Crippen LogP contribution is -1.93. The van der Waals surface area contributed by atoms with Crippen LogP contribution < -0.4 is 0 Å². The van der Waals surface area contributed by atoms with E-state index in [0.717, 1.165) is 11.9 Å². The molecular formula is C14H9NS. The first kappa shape index (κ1) is 8.48. The van der Waals surface area contributed by atoms with Gasteiger partial charge in [-0.25, -0.2) is 4.98 Å². The van der Waals surface area contributed by atoms with E-state index in [9.17, 15) is 0 Å². The lowest BCUT2D eigenvalue weighted by Gasteiger charge is -2.13. The maximum Gasteiger partial charge on any atom is 0.0821 e. The van der Waals surface area contributed by atoms with Gasteiger partial charge in [0.1, 0.15) is 0 Å². The summed E-state index contributed by atoms with van der Waals surface area (Å²) in [4.78, 5) is 4.43. The standard InChI is InChI=1S/C14H9NS/c1-3-9-4-2-6-11-13(9)10(5-1)7-12-14(11)16-8-15-12/h1-5,7-8H,6H2. The van der Waals surface area contributed by atoms with E-state index >= 15 is 0 Å². The SMILES string of the molecule is C1=Cc2cccc3cc4ncsc4c(c23)C1. The minimum Gasteiger partial charge on any atom is -0.245 e. The third-order valence-corrected chi connectivity index (χ3v) is 4.11. The molecule has 76 valence electrons. The molecule has 16 heavy (non-hydrogen) atoms. The average Bonchev–Trinajstić information content (AvgIpc) is 2.78. The molecule has 0 atom stereocenters. The van der Waals surface area contributed by atoms with Crippen molar-refractivity contribution in [1.82, 2.24) is 4.98 Å². The molecule has 3 aromatic rings. The number of rotatable bonds is 0. The van der Waals surface area contributed by atoms with Crippen LogP contribution in [0.15, 0.2) is 35.9 Å². The van der Waals surface area contributed by atoms with Crippen LogP contribution >= 0.6 is 11.3 Å². The van der Waals surface area contributed by atoms with Crippen LogP contribution in [0.5, 0.6) is 0 Å². The van der Waals surface area contributed by atoms with Crippen LogP contribution in [0.25, 0.3) is 27.1 Å². The van der Waals surface area contributed by atoms with Crippen LogP contribution in [0, 0.1) is 0 Å². The van der Waals surface area contributed by atoms with Crippen LogP contribution in [-0.4, -0.2) is 4.98 Å². The van der Waals surface area contributed by atoms with Crippen molar-refractivity contribution in [3.63, 3.8) is 0 Å². The average molecular weight is 223 g/mol. The Bertz CT molecular complexity index is 737. The van der Waals surface area contributed by atoms with E-state index in [2.05, 4.69) is 41.4 Å². The lowest BCUT2D eigenvalue weighted by molar-refractivity contribution is 1.32. The fourth-order valence-electron chi connectivity index (χ4n) is 2.54. The topological polar surface area (TPSA) is 12.9 Å². The Balaban J connectivity index is 2.36. The molecule has 1 aliphatic rings. The third kappa shape index (κ3) is 0.973. The van der Waals surface area contributed by atoms with Gasteiger partial charge in [-0.1, -0.05) is 30.4 Å². The molecule has 0 fully saturated rings. The fourth-order valence-corrected chi connectivity index (χ4v) is 3.37. The van der Waals surface area contributed by atoms with Crippen molar-refractivity contribution in [3.8, 4) is 0 Å². The number of thiazole rings is 1. The molecule has 0 bridgehead atoms. The summed E-state index contributed by atoms with van der Waals surface area (Å²) >= 11 is 1.75. The van der Waals surface area contributed by atoms with Gasteiger partial charge in [0.15, 0.2) is 0 Å². The minimum absolute atomic E-state index is 1.03. The van der Waals surface area contributed by atoms with Crippen molar-refractivity contribution in [2.45, 2.75) is 6.42 Å². The fraction of sp³-hybridized carbons (Fsp3) is 0.0714. The van der Waals surface area contributed by atoms with Gasteiger partial charge in [0.05, 0.1) is 15.7 Å². The maximum absolute atomic E-state index is 4.43. The molecule has 1 aromatic heterocycles. The first-order valence-corrected chi connectivity index (χ1v) is 6.26. The van der Waals surface area contributed by atoms with Gasteiger partial charge in [0.25, 0.3) is 0 Å². The monoisotopic (exact) mass is 223 g/mol. The highest BCUT2D eigenvalue weighted by atomic mass is 32.1. The summed E-state index contributed by atoms with van der Waals surface area (Å²) in [5.41, 5.74) is 5.88. The number of aromatic nitrogens is 1. The van der Waals surface area contributed by atoms with Crippen molar-refractivity contribution in [2.75, 3.05) is 0 Å². The zero-order valence-corrected chi connectivity index (χ0v) is 9.42. The molecule has 0 saturated heterocycles. The first-order valence-electron chi connectivity index (χ1n) is 5.38. The van der Waals surface area contributed by atoms with Gasteiger partial charge in [0.2, 0.25) is 0 Å². The molecule has 1 aliphatic carbocycles. The summed E-state index contributed by atoms with van der Waals surface area (Å²) in [5.74, 6) is 0. The molecule has 1 heterocycles. The molecule has 4 rings (SSSR count). The second-order valence-electron chi connectivity index (χ2n) is 4.11. The molecule has 2 heteroatoms. The van der Waals surface area contributed by atoms with Gasteiger partial charge in [-0.15, -0.1) is 11.3 Å². The highest BCUT2D eigenvalue weighted by Crippen LogP contribution is 2.35. The summed E-state index contributed by atoms with van der Waals surface area (Å²) in [6.45, 7) is 0. The molecule has 0 N–H and O–H groups in total. The molecule has 0 unspecified atom stereocenters. The molecule has 1 nitrogen and oxygen atoms in total. The summed E-state index contributed by atoms with van der Waals surface area (Å²) in [6, 6.07) is 8.69. The van der Waals surface area contributed by atoms with Crippen molar-refractivity contribution in [3.05, 3.63) is 47.0 Å². The van der Waals surface area contributed by atoms with E-state index in [1.165, 1.54) is 26.6 Å². The Hall–Kier alpha value is -1.67. The Kier molecular flexibility index (Phi) is 1.55. The number of hydrogen-bond donors (Lipinski definition) is 0. The normalized spacial score (nSPS) is 13.8. The Morgan fingerprint density at radius 1 is 1.25 bits per heavy atom. The quantitative estimate of drug-likeness (QED) is 0.561. The summed E-state index contributed by atoms with van der Waals surface area (Å²) < 4.78 is 1.35. The predicted molar refractivity (Wildman–Crippen MR) is 69.9 cm³/mol. The van der Waals surface area contributed by atoms with Crippen LogP contribution in [0.4, 0.5) is 0 Å². The van der Waals surface area contributed by atoms with Crippen molar-refractivity contribution < 1.29 is 0 Å². The number of allylic oxidation sites excluding steroid dienone is 1. The first-order chi connectivity index (χ1) is 7.93. The van der Waals surface area contributed by atoms with Crippen LogP contribution in [0.2, 0.25) is 0 Å².